The van der Waals surface area contributed by atoms with E-state index in [4.69, 9.17) is 9.47 Å². The Morgan fingerprint density at radius 2 is 2.08 bits per heavy atom. The molecule has 0 aliphatic carbocycles. The summed E-state index contributed by atoms with van der Waals surface area (Å²) in [6.07, 6.45) is 7.62. The number of nitrogens with zero attached hydrogens (tertiary/aromatic N) is 2. The number of unbranched alkanes of at least 4 members (excludes halogenated alkanes) is 2. The number of hydrogen-bond acceptors (Lipinski definition) is 6. The van der Waals surface area contributed by atoms with Crippen LogP contribution in [-0.2, 0) is 23.9 Å². The number of ether oxygens (including phenoxy) is 2. The van der Waals surface area contributed by atoms with Crippen LogP contribution in [0.5, 0.6) is 0 Å². The van der Waals surface area contributed by atoms with Crippen LogP contribution >= 0.6 is 15.9 Å². The van der Waals surface area contributed by atoms with Gasteiger partial charge in [0.1, 0.15) is 11.6 Å². The van der Waals surface area contributed by atoms with Crippen LogP contribution in [0.2, 0.25) is 0 Å². The molecule has 3 aliphatic rings. The molecule has 3 aliphatic heterocycles. The minimum absolute atomic E-state index is 0.0275. The minimum atomic E-state index is -1.09. The average Bonchev–Trinajstić information content (AvgIpc) is 3.43. The number of hydrogen-bond donors (Lipinski definition) is 1. The van der Waals surface area contributed by atoms with Gasteiger partial charge in [-0.3, -0.25) is 14.4 Å². The van der Waals surface area contributed by atoms with E-state index in [1.54, 1.807) is 22.0 Å². The van der Waals surface area contributed by atoms with Gasteiger partial charge in [0.15, 0.2) is 0 Å². The number of aliphatic hydroxyl groups is 1. The molecule has 3 heterocycles. The monoisotopic (exact) mass is 568 g/mol. The lowest BCUT2D eigenvalue weighted by atomic mass is 9.70. The van der Waals surface area contributed by atoms with E-state index in [1.165, 1.54) is 0 Å². The van der Waals surface area contributed by atoms with Crippen molar-refractivity contribution in [2.45, 2.75) is 87.4 Å². The molecule has 9 heteroatoms. The molecule has 7 atom stereocenters. The van der Waals surface area contributed by atoms with Crippen LogP contribution in [0.25, 0.3) is 0 Å². The molecular weight excluding hydrogens is 528 g/mol. The molecule has 0 saturated carbocycles. The maximum Gasteiger partial charge on any atom is 0.312 e. The van der Waals surface area contributed by atoms with Crippen LogP contribution in [0, 0.1) is 11.8 Å². The quantitative estimate of drug-likeness (QED) is 0.141. The molecule has 3 fully saturated rings. The maximum absolute atomic E-state index is 14.2. The van der Waals surface area contributed by atoms with Gasteiger partial charge in [-0.2, -0.15) is 0 Å². The standard InChI is InChI=1S/C27H41BrN2O6/c1-5-8-16-35-26(34)20-21-24(32)30(14-10-9-11-15-31)23(27(21)17-19(28)22(20)36-27)25(33)29(13-7-3)18(4)12-6-2/h5,7,18-23,31H,1,3,6,8-17H2,2,4H3/t18?,19?,20-,21-,22-,23?,27?/m0/s1. The number of rotatable bonds is 15. The summed E-state index contributed by atoms with van der Waals surface area (Å²) in [5.74, 6) is -2.35. The van der Waals surface area contributed by atoms with E-state index in [2.05, 4.69) is 36.0 Å². The van der Waals surface area contributed by atoms with Crippen LogP contribution in [0.4, 0.5) is 0 Å². The van der Waals surface area contributed by atoms with Crippen LogP contribution in [0.3, 0.4) is 0 Å². The van der Waals surface area contributed by atoms with Gasteiger partial charge in [0.25, 0.3) is 0 Å². The van der Waals surface area contributed by atoms with E-state index in [0.717, 1.165) is 19.3 Å². The molecule has 0 radical (unpaired) electrons. The second kappa shape index (κ2) is 12.7. The minimum Gasteiger partial charge on any atom is -0.465 e. The van der Waals surface area contributed by atoms with Crippen LogP contribution in [0.15, 0.2) is 25.3 Å². The van der Waals surface area contributed by atoms with E-state index in [1.807, 2.05) is 6.92 Å². The van der Waals surface area contributed by atoms with Crippen molar-refractivity contribution in [1.29, 1.82) is 0 Å². The zero-order valence-electron chi connectivity index (χ0n) is 21.6. The van der Waals surface area contributed by atoms with Gasteiger partial charge < -0.3 is 24.4 Å². The number of halogens is 1. The van der Waals surface area contributed by atoms with Gasteiger partial charge in [-0.1, -0.05) is 41.4 Å². The van der Waals surface area contributed by atoms with Crippen molar-refractivity contribution in [3.8, 4) is 0 Å². The number of aliphatic hydroxyl groups excluding tert-OH is 1. The summed E-state index contributed by atoms with van der Waals surface area (Å²) in [5, 5.41) is 9.19. The highest BCUT2D eigenvalue weighted by Crippen LogP contribution is 2.60. The Morgan fingerprint density at radius 3 is 2.72 bits per heavy atom. The largest absolute Gasteiger partial charge is 0.465 e. The third-order valence-corrected chi connectivity index (χ3v) is 8.61. The first-order chi connectivity index (χ1) is 17.3. The van der Waals surface area contributed by atoms with Crippen molar-refractivity contribution in [2.75, 3.05) is 26.3 Å². The number of likely N-dealkylation sites (tertiary alicyclic amines) is 1. The van der Waals surface area contributed by atoms with Gasteiger partial charge in [0, 0.05) is 30.6 Å². The van der Waals surface area contributed by atoms with Crippen LogP contribution in [-0.4, -0.2) is 87.6 Å². The predicted molar refractivity (Wildman–Crippen MR) is 140 cm³/mol. The highest BCUT2D eigenvalue weighted by atomic mass is 79.9. The van der Waals surface area contributed by atoms with Crippen LogP contribution < -0.4 is 0 Å². The topological polar surface area (TPSA) is 96.4 Å². The fourth-order valence-corrected chi connectivity index (χ4v) is 7.13. The molecule has 0 aromatic rings. The van der Waals surface area contributed by atoms with E-state index >= 15 is 0 Å². The first-order valence-corrected chi connectivity index (χ1v) is 14.1. The first kappa shape index (κ1) is 28.9. The zero-order chi connectivity index (χ0) is 26.5. The number of fused-ring (bicyclic) bond motifs is 1. The molecule has 4 unspecified atom stereocenters. The third-order valence-electron chi connectivity index (χ3n) is 7.77. The Balaban J connectivity index is 1.98. The van der Waals surface area contributed by atoms with Gasteiger partial charge in [0.2, 0.25) is 11.8 Å². The molecule has 202 valence electrons. The number of alkyl halides is 1. The number of esters is 1. The fraction of sp³-hybridized carbons (Fsp3) is 0.741. The Labute approximate surface area is 223 Å². The van der Waals surface area contributed by atoms with Gasteiger partial charge >= 0.3 is 5.97 Å². The predicted octanol–water partition coefficient (Wildman–Crippen LogP) is 3.22. The summed E-state index contributed by atoms with van der Waals surface area (Å²) in [7, 11) is 0. The average molecular weight is 570 g/mol. The molecular formula is C27H41BrN2O6. The summed E-state index contributed by atoms with van der Waals surface area (Å²) < 4.78 is 12.0. The summed E-state index contributed by atoms with van der Waals surface area (Å²) in [6.45, 7) is 12.6. The van der Waals surface area contributed by atoms with E-state index in [-0.39, 0.29) is 35.9 Å². The van der Waals surface area contributed by atoms with Crippen molar-refractivity contribution in [2.24, 2.45) is 11.8 Å². The second-order valence-electron chi connectivity index (χ2n) is 10.1. The molecule has 8 nitrogen and oxygen atoms in total. The second-order valence-corrected chi connectivity index (χ2v) is 11.3. The Hall–Kier alpha value is -1.71. The van der Waals surface area contributed by atoms with Crippen molar-refractivity contribution in [1.82, 2.24) is 9.80 Å². The smallest absolute Gasteiger partial charge is 0.312 e. The van der Waals surface area contributed by atoms with Crippen LogP contribution in [0.1, 0.15) is 58.8 Å². The SMILES string of the molecule is C=CCCOC(=O)[C@H]1[C@H]2C(=O)N(CCCCCO)C(C(=O)N(CC=C)C(C)CCC)C23CC(Br)[C@@H]1O3. The van der Waals surface area contributed by atoms with Crippen molar-refractivity contribution in [3.05, 3.63) is 25.3 Å². The molecule has 0 aromatic heterocycles. The Morgan fingerprint density at radius 1 is 1.33 bits per heavy atom. The van der Waals surface area contributed by atoms with Gasteiger partial charge in [-0.15, -0.1) is 13.2 Å². The third kappa shape index (κ3) is 5.29. The summed E-state index contributed by atoms with van der Waals surface area (Å²) >= 11 is 3.68. The fourth-order valence-electron chi connectivity index (χ4n) is 6.19. The zero-order valence-corrected chi connectivity index (χ0v) is 23.2. The Kier molecular flexibility index (Phi) is 10.2. The molecule has 2 bridgehead atoms. The highest BCUT2D eigenvalue weighted by molar-refractivity contribution is 9.09. The molecule has 3 rings (SSSR count). The summed E-state index contributed by atoms with van der Waals surface area (Å²) in [6, 6.07) is -0.847. The normalized spacial score (nSPS) is 31.3. The summed E-state index contributed by atoms with van der Waals surface area (Å²) in [4.78, 5) is 44.6. The maximum atomic E-state index is 14.2. The molecule has 1 N–H and O–H groups in total. The van der Waals surface area contributed by atoms with Crippen molar-refractivity contribution >= 4 is 33.7 Å². The molecule has 0 aromatic carbocycles. The highest BCUT2D eigenvalue weighted by Gasteiger charge is 2.77. The molecule has 3 saturated heterocycles. The lowest BCUT2D eigenvalue weighted by molar-refractivity contribution is -0.155. The Bertz CT molecular complexity index is 837. The molecule has 1 spiro atoms. The van der Waals surface area contributed by atoms with Gasteiger partial charge in [-0.05, 0) is 45.4 Å². The van der Waals surface area contributed by atoms with E-state index in [0.29, 0.717) is 38.8 Å². The first-order valence-electron chi connectivity index (χ1n) is 13.2. The lowest BCUT2D eigenvalue weighted by Crippen LogP contribution is -2.58. The van der Waals surface area contributed by atoms with E-state index < -0.39 is 35.6 Å². The number of amides is 2. The van der Waals surface area contributed by atoms with Crippen molar-refractivity contribution < 1.29 is 29.0 Å². The number of carbonyl (C=O) groups excluding carboxylic acids is 3. The van der Waals surface area contributed by atoms with Crippen molar-refractivity contribution in [3.63, 3.8) is 0 Å². The number of carbonyl (C=O) groups is 3. The molecule has 36 heavy (non-hydrogen) atoms. The van der Waals surface area contributed by atoms with Gasteiger partial charge in [-0.25, -0.2) is 0 Å². The molecule has 2 amide bonds. The van der Waals surface area contributed by atoms with Gasteiger partial charge in [0.05, 0.1) is 24.5 Å². The lowest BCUT2D eigenvalue weighted by Gasteiger charge is -2.39. The summed E-state index contributed by atoms with van der Waals surface area (Å²) in [5.41, 5.74) is -1.09. The van der Waals surface area contributed by atoms with E-state index in [9.17, 15) is 19.5 Å².